The second kappa shape index (κ2) is 4.77. The van der Waals surface area contributed by atoms with Crippen molar-refractivity contribution >= 4 is 0 Å². The van der Waals surface area contributed by atoms with Crippen molar-refractivity contribution in [2.75, 3.05) is 20.6 Å². The zero-order valence-corrected chi connectivity index (χ0v) is 10.2. The first-order valence-electron chi connectivity index (χ1n) is 5.41. The van der Waals surface area contributed by atoms with Crippen LogP contribution >= 0.6 is 0 Å². The normalized spacial score (nSPS) is 15.3. The molecule has 0 aliphatic carbocycles. The molecule has 2 N–H and O–H groups in total. The van der Waals surface area contributed by atoms with Gasteiger partial charge in [-0.1, -0.05) is 29.8 Å². The Balaban J connectivity index is 2.79. The van der Waals surface area contributed by atoms with Gasteiger partial charge in [0.1, 0.15) is 0 Å². The molecule has 0 saturated heterocycles. The van der Waals surface area contributed by atoms with Crippen molar-refractivity contribution in [1.82, 2.24) is 4.90 Å². The third kappa shape index (κ3) is 3.05. The molecule has 0 aliphatic heterocycles. The minimum atomic E-state index is 0.0509. The Kier molecular flexibility index (Phi) is 3.89. The fourth-order valence-corrected chi connectivity index (χ4v) is 1.56. The van der Waals surface area contributed by atoms with Crippen molar-refractivity contribution in [3.8, 4) is 0 Å². The first kappa shape index (κ1) is 12.2. The lowest BCUT2D eigenvalue weighted by atomic mass is 9.91. The van der Waals surface area contributed by atoms with Crippen LogP contribution in [-0.4, -0.2) is 31.1 Å². The molecule has 1 atom stereocenters. The maximum Gasteiger partial charge on any atom is 0.0337 e. The summed E-state index contributed by atoms with van der Waals surface area (Å²) in [6, 6.07) is 8.68. The molecule has 0 spiro atoms. The molecule has 0 heterocycles. The minimum absolute atomic E-state index is 0.0509. The van der Waals surface area contributed by atoms with E-state index in [9.17, 15) is 0 Å². The average Bonchev–Trinajstić information content (AvgIpc) is 2.21. The summed E-state index contributed by atoms with van der Waals surface area (Å²) in [6.45, 7) is 4.98. The van der Waals surface area contributed by atoms with E-state index in [1.54, 1.807) is 0 Å². The van der Waals surface area contributed by atoms with Crippen LogP contribution in [0.25, 0.3) is 0 Å². The Labute approximate surface area is 93.1 Å². The molecular formula is C13H22N2. The van der Waals surface area contributed by atoms with Crippen LogP contribution in [0.4, 0.5) is 0 Å². The van der Waals surface area contributed by atoms with Crippen LogP contribution in [0.5, 0.6) is 0 Å². The van der Waals surface area contributed by atoms with Gasteiger partial charge in [0, 0.05) is 12.1 Å². The maximum absolute atomic E-state index is 5.84. The Bertz CT molecular complexity index is 303. The van der Waals surface area contributed by atoms with Crippen LogP contribution in [0.3, 0.4) is 0 Å². The van der Waals surface area contributed by atoms with E-state index in [0.29, 0.717) is 6.54 Å². The van der Waals surface area contributed by atoms with Crippen LogP contribution < -0.4 is 5.73 Å². The van der Waals surface area contributed by atoms with E-state index in [0.717, 1.165) is 6.42 Å². The molecule has 2 heteroatoms. The van der Waals surface area contributed by atoms with Crippen molar-refractivity contribution in [2.45, 2.75) is 25.8 Å². The number of hydrogen-bond acceptors (Lipinski definition) is 2. The SMILES string of the molecule is Cc1ccc(C[C@@](C)(CN)N(C)C)cc1. The molecular weight excluding hydrogens is 184 g/mol. The summed E-state index contributed by atoms with van der Waals surface area (Å²) < 4.78 is 0. The van der Waals surface area contributed by atoms with E-state index in [1.165, 1.54) is 11.1 Å². The highest BCUT2D eigenvalue weighted by Crippen LogP contribution is 2.17. The van der Waals surface area contributed by atoms with Gasteiger partial charge in [0.15, 0.2) is 0 Å². The molecule has 0 aliphatic rings. The molecule has 0 amide bonds. The highest BCUT2D eigenvalue weighted by Gasteiger charge is 2.25. The summed E-state index contributed by atoms with van der Waals surface area (Å²) in [6.07, 6.45) is 0.997. The largest absolute Gasteiger partial charge is 0.329 e. The first-order chi connectivity index (χ1) is 6.98. The predicted octanol–water partition coefficient (Wildman–Crippen LogP) is 1.82. The number of nitrogens with zero attached hydrogens (tertiary/aromatic N) is 1. The molecule has 1 aromatic carbocycles. The average molecular weight is 206 g/mol. The van der Waals surface area contributed by atoms with Gasteiger partial charge in [-0.2, -0.15) is 0 Å². The second-order valence-electron chi connectivity index (χ2n) is 4.76. The molecule has 15 heavy (non-hydrogen) atoms. The lowest BCUT2D eigenvalue weighted by molar-refractivity contribution is 0.181. The molecule has 84 valence electrons. The van der Waals surface area contributed by atoms with Crippen molar-refractivity contribution in [3.05, 3.63) is 35.4 Å². The van der Waals surface area contributed by atoms with Gasteiger partial charge in [0.05, 0.1) is 0 Å². The fourth-order valence-electron chi connectivity index (χ4n) is 1.56. The van der Waals surface area contributed by atoms with Gasteiger partial charge in [-0.25, -0.2) is 0 Å². The van der Waals surface area contributed by atoms with Crippen LogP contribution in [0.2, 0.25) is 0 Å². The number of nitrogens with two attached hydrogens (primary N) is 1. The highest BCUT2D eigenvalue weighted by molar-refractivity contribution is 5.23. The fraction of sp³-hybridized carbons (Fsp3) is 0.538. The topological polar surface area (TPSA) is 29.3 Å². The summed E-state index contributed by atoms with van der Waals surface area (Å²) in [5, 5.41) is 0. The Morgan fingerprint density at radius 2 is 1.73 bits per heavy atom. The third-order valence-electron chi connectivity index (χ3n) is 3.22. The van der Waals surface area contributed by atoms with Crippen LogP contribution in [0, 0.1) is 6.92 Å². The predicted molar refractivity (Wildman–Crippen MR) is 66.0 cm³/mol. The van der Waals surface area contributed by atoms with Crippen molar-refractivity contribution in [3.63, 3.8) is 0 Å². The van der Waals surface area contributed by atoms with Gasteiger partial charge < -0.3 is 10.6 Å². The summed E-state index contributed by atoms with van der Waals surface area (Å²) in [5.74, 6) is 0. The molecule has 0 aromatic heterocycles. The molecule has 0 saturated carbocycles. The van der Waals surface area contributed by atoms with Crippen LogP contribution in [0.1, 0.15) is 18.1 Å². The smallest absolute Gasteiger partial charge is 0.0337 e. The lowest BCUT2D eigenvalue weighted by Gasteiger charge is -2.35. The Morgan fingerprint density at radius 3 is 2.13 bits per heavy atom. The van der Waals surface area contributed by atoms with E-state index < -0.39 is 0 Å². The zero-order chi connectivity index (χ0) is 11.5. The quantitative estimate of drug-likeness (QED) is 0.814. The van der Waals surface area contributed by atoms with Gasteiger partial charge in [-0.15, -0.1) is 0 Å². The van der Waals surface area contributed by atoms with E-state index in [1.807, 2.05) is 0 Å². The molecule has 1 rings (SSSR count). The summed E-state index contributed by atoms with van der Waals surface area (Å²) >= 11 is 0. The van der Waals surface area contributed by atoms with Crippen molar-refractivity contribution in [2.24, 2.45) is 5.73 Å². The summed E-state index contributed by atoms with van der Waals surface area (Å²) in [5.41, 5.74) is 8.55. The van der Waals surface area contributed by atoms with E-state index in [2.05, 4.69) is 57.1 Å². The molecule has 1 aromatic rings. The molecule has 2 nitrogen and oxygen atoms in total. The van der Waals surface area contributed by atoms with Gasteiger partial charge in [-0.3, -0.25) is 0 Å². The maximum atomic E-state index is 5.84. The number of hydrogen-bond donors (Lipinski definition) is 1. The monoisotopic (exact) mass is 206 g/mol. The van der Waals surface area contributed by atoms with Gasteiger partial charge in [-0.05, 0) is 39.9 Å². The molecule has 0 unspecified atom stereocenters. The number of benzene rings is 1. The standard InChI is InChI=1S/C13H22N2/c1-11-5-7-12(8-6-11)9-13(2,10-14)15(3)4/h5-8H,9-10,14H2,1-4H3/t13-/m0/s1. The lowest BCUT2D eigenvalue weighted by Crippen LogP contribution is -2.49. The summed E-state index contributed by atoms with van der Waals surface area (Å²) in [4.78, 5) is 2.20. The highest BCUT2D eigenvalue weighted by atomic mass is 15.1. The molecule has 0 radical (unpaired) electrons. The minimum Gasteiger partial charge on any atom is -0.329 e. The van der Waals surface area contributed by atoms with Gasteiger partial charge in [0.25, 0.3) is 0 Å². The molecule has 0 bridgehead atoms. The van der Waals surface area contributed by atoms with Crippen molar-refractivity contribution in [1.29, 1.82) is 0 Å². The third-order valence-corrected chi connectivity index (χ3v) is 3.22. The van der Waals surface area contributed by atoms with Crippen molar-refractivity contribution < 1.29 is 0 Å². The van der Waals surface area contributed by atoms with Gasteiger partial charge in [0.2, 0.25) is 0 Å². The van der Waals surface area contributed by atoms with Crippen LogP contribution in [0.15, 0.2) is 24.3 Å². The van der Waals surface area contributed by atoms with Gasteiger partial charge >= 0.3 is 0 Å². The Hall–Kier alpha value is -0.860. The van der Waals surface area contributed by atoms with Crippen LogP contribution in [-0.2, 0) is 6.42 Å². The van der Waals surface area contributed by atoms with E-state index in [4.69, 9.17) is 5.73 Å². The number of likely N-dealkylation sites (N-methyl/N-ethyl adjacent to an activating group) is 1. The zero-order valence-electron chi connectivity index (χ0n) is 10.2. The number of rotatable bonds is 4. The summed E-state index contributed by atoms with van der Waals surface area (Å²) in [7, 11) is 4.17. The second-order valence-corrected chi connectivity index (χ2v) is 4.76. The van der Waals surface area contributed by atoms with E-state index >= 15 is 0 Å². The Morgan fingerprint density at radius 1 is 1.20 bits per heavy atom. The number of aryl methyl sites for hydroxylation is 1. The molecule has 0 fully saturated rings. The van der Waals surface area contributed by atoms with E-state index in [-0.39, 0.29) is 5.54 Å². The first-order valence-corrected chi connectivity index (χ1v) is 5.41.